The minimum Gasteiger partial charge on any atom is -0.381 e. The highest BCUT2D eigenvalue weighted by molar-refractivity contribution is 7.99. The fourth-order valence-electron chi connectivity index (χ4n) is 4.35. The molecule has 132 valence electrons. The van der Waals surface area contributed by atoms with Crippen LogP contribution in [0.25, 0.3) is 0 Å². The van der Waals surface area contributed by atoms with Crippen LogP contribution in [0.2, 0.25) is 0 Å². The number of nitrogens with one attached hydrogen (secondary N) is 1. The summed E-state index contributed by atoms with van der Waals surface area (Å²) in [7, 11) is 0. The summed E-state index contributed by atoms with van der Waals surface area (Å²) in [5.41, 5.74) is 0.241. The van der Waals surface area contributed by atoms with Gasteiger partial charge in [0, 0.05) is 56.3 Å². The lowest BCUT2D eigenvalue weighted by Gasteiger charge is -2.48. The second-order valence-corrected chi connectivity index (χ2v) is 8.65. The molecule has 0 radical (unpaired) electrons. The topological polar surface area (TPSA) is 41.6 Å². The number of rotatable bonds is 6. The number of hydrogen-bond donors (Lipinski definition) is 1. The van der Waals surface area contributed by atoms with Gasteiger partial charge >= 0.3 is 0 Å². The monoisotopic (exact) mass is 340 g/mol. The maximum Gasteiger partial charge on any atom is 0.220 e. The van der Waals surface area contributed by atoms with E-state index in [-0.39, 0.29) is 11.4 Å². The van der Waals surface area contributed by atoms with Crippen LogP contribution < -0.4 is 5.32 Å². The summed E-state index contributed by atoms with van der Waals surface area (Å²) in [6.07, 6.45) is 9.29. The van der Waals surface area contributed by atoms with Crippen LogP contribution in [-0.2, 0) is 9.53 Å². The van der Waals surface area contributed by atoms with Gasteiger partial charge in [0.05, 0.1) is 0 Å². The van der Waals surface area contributed by atoms with Crippen LogP contribution in [0.5, 0.6) is 0 Å². The molecule has 2 aliphatic heterocycles. The van der Waals surface area contributed by atoms with E-state index in [2.05, 4.69) is 22.0 Å². The lowest BCUT2D eigenvalue weighted by atomic mass is 9.80. The van der Waals surface area contributed by atoms with Gasteiger partial charge in [-0.1, -0.05) is 19.3 Å². The summed E-state index contributed by atoms with van der Waals surface area (Å²) in [4.78, 5) is 15.0. The van der Waals surface area contributed by atoms with E-state index in [9.17, 15) is 4.79 Å². The van der Waals surface area contributed by atoms with Crippen molar-refractivity contribution in [3.63, 3.8) is 0 Å². The van der Waals surface area contributed by atoms with E-state index in [0.29, 0.717) is 12.3 Å². The summed E-state index contributed by atoms with van der Waals surface area (Å²) in [6.45, 7) is 4.97. The first-order valence-electron chi connectivity index (χ1n) is 9.46. The Morgan fingerprint density at radius 1 is 1.22 bits per heavy atom. The van der Waals surface area contributed by atoms with Crippen LogP contribution in [0.15, 0.2) is 0 Å². The Balaban J connectivity index is 1.48. The second kappa shape index (κ2) is 8.72. The minimum absolute atomic E-state index is 0.241. The Morgan fingerprint density at radius 2 is 2.00 bits per heavy atom. The number of nitrogens with zero attached hydrogens (tertiary/aromatic N) is 1. The summed E-state index contributed by atoms with van der Waals surface area (Å²) >= 11 is 2.07. The van der Waals surface area contributed by atoms with E-state index in [0.717, 1.165) is 32.6 Å². The molecule has 0 aromatic heterocycles. The molecule has 4 nitrogen and oxygen atoms in total. The first-order valence-corrected chi connectivity index (χ1v) is 10.6. The van der Waals surface area contributed by atoms with Crippen molar-refractivity contribution in [2.45, 2.75) is 56.9 Å². The van der Waals surface area contributed by atoms with Gasteiger partial charge in [-0.3, -0.25) is 9.69 Å². The van der Waals surface area contributed by atoms with E-state index in [1.54, 1.807) is 0 Å². The van der Waals surface area contributed by atoms with Gasteiger partial charge in [0.2, 0.25) is 5.91 Å². The quantitative estimate of drug-likeness (QED) is 0.807. The van der Waals surface area contributed by atoms with E-state index >= 15 is 0 Å². The number of ether oxygens (including phenoxy) is 1. The maximum absolute atomic E-state index is 12.3. The molecule has 0 aromatic rings. The van der Waals surface area contributed by atoms with E-state index in [1.165, 1.54) is 56.7 Å². The Bertz CT molecular complexity index is 373. The smallest absolute Gasteiger partial charge is 0.220 e. The molecule has 1 amide bonds. The molecule has 1 saturated carbocycles. The molecule has 2 heterocycles. The molecule has 2 saturated heterocycles. The summed E-state index contributed by atoms with van der Waals surface area (Å²) in [5.74, 6) is 3.34. The average molecular weight is 341 g/mol. The first-order chi connectivity index (χ1) is 11.3. The molecule has 3 fully saturated rings. The van der Waals surface area contributed by atoms with Gasteiger partial charge < -0.3 is 10.1 Å². The lowest BCUT2D eigenvalue weighted by molar-refractivity contribution is -0.122. The number of hydrogen-bond acceptors (Lipinski definition) is 4. The van der Waals surface area contributed by atoms with Crippen LogP contribution >= 0.6 is 11.8 Å². The highest BCUT2D eigenvalue weighted by atomic mass is 32.2. The van der Waals surface area contributed by atoms with Crippen molar-refractivity contribution in [3.05, 3.63) is 0 Å². The Labute approximate surface area is 145 Å². The molecule has 5 heteroatoms. The van der Waals surface area contributed by atoms with Gasteiger partial charge in [-0.05, 0) is 31.6 Å². The number of carbonyl (C=O) groups excluding carboxylic acids is 1. The van der Waals surface area contributed by atoms with Crippen molar-refractivity contribution in [2.75, 3.05) is 44.4 Å². The van der Waals surface area contributed by atoms with Crippen molar-refractivity contribution >= 4 is 17.7 Å². The third-order valence-corrected chi connectivity index (χ3v) is 6.83. The van der Waals surface area contributed by atoms with Crippen molar-refractivity contribution < 1.29 is 9.53 Å². The van der Waals surface area contributed by atoms with Crippen molar-refractivity contribution in [1.29, 1.82) is 0 Å². The Morgan fingerprint density at radius 3 is 2.70 bits per heavy atom. The van der Waals surface area contributed by atoms with Crippen LogP contribution in [0.3, 0.4) is 0 Å². The highest BCUT2D eigenvalue weighted by Crippen LogP contribution is 2.34. The van der Waals surface area contributed by atoms with E-state index < -0.39 is 0 Å². The molecule has 0 aromatic carbocycles. The minimum atomic E-state index is 0.241. The zero-order chi connectivity index (χ0) is 16.0. The van der Waals surface area contributed by atoms with Gasteiger partial charge in [-0.2, -0.15) is 11.8 Å². The summed E-state index contributed by atoms with van der Waals surface area (Å²) in [5, 5.41) is 3.29. The molecular formula is C18H32N2O2S. The molecular weight excluding hydrogens is 308 g/mol. The standard InChI is InChI=1S/C18H32N2O2S/c21-17(5-4-16-6-11-22-14-16)19-15-18(7-2-1-3-8-18)20-9-12-23-13-10-20/h16H,1-15H2,(H,19,21). The molecule has 1 unspecified atom stereocenters. The number of carbonyl (C=O) groups is 1. The van der Waals surface area contributed by atoms with Gasteiger partial charge in [0.25, 0.3) is 0 Å². The van der Waals surface area contributed by atoms with Crippen molar-refractivity contribution in [3.8, 4) is 0 Å². The molecule has 1 aliphatic carbocycles. The molecule has 0 bridgehead atoms. The van der Waals surface area contributed by atoms with Crippen molar-refractivity contribution in [1.82, 2.24) is 10.2 Å². The normalized spacial score (nSPS) is 28.6. The molecule has 1 atom stereocenters. The largest absolute Gasteiger partial charge is 0.381 e. The third-order valence-electron chi connectivity index (χ3n) is 5.88. The SMILES string of the molecule is O=C(CCC1CCOC1)NCC1(N2CCSCC2)CCCCC1. The predicted octanol–water partition coefficient (Wildman–Crippen LogP) is 2.67. The van der Waals surface area contributed by atoms with Crippen LogP contribution in [-0.4, -0.2) is 60.7 Å². The van der Waals surface area contributed by atoms with Gasteiger partial charge in [-0.25, -0.2) is 0 Å². The van der Waals surface area contributed by atoms with Crippen LogP contribution in [0.1, 0.15) is 51.4 Å². The average Bonchev–Trinajstić information content (AvgIpc) is 3.13. The van der Waals surface area contributed by atoms with E-state index in [1.807, 2.05) is 0 Å². The molecule has 1 N–H and O–H groups in total. The fourth-order valence-corrected chi connectivity index (χ4v) is 5.25. The van der Waals surface area contributed by atoms with Gasteiger partial charge in [-0.15, -0.1) is 0 Å². The highest BCUT2D eigenvalue weighted by Gasteiger charge is 2.38. The predicted molar refractivity (Wildman–Crippen MR) is 95.9 cm³/mol. The fraction of sp³-hybridized carbons (Fsp3) is 0.944. The number of thioether (sulfide) groups is 1. The van der Waals surface area contributed by atoms with Gasteiger partial charge in [0.1, 0.15) is 0 Å². The Hall–Kier alpha value is -0.260. The van der Waals surface area contributed by atoms with E-state index in [4.69, 9.17) is 4.74 Å². The van der Waals surface area contributed by atoms with Crippen LogP contribution in [0, 0.1) is 5.92 Å². The Kier molecular flexibility index (Phi) is 6.66. The second-order valence-electron chi connectivity index (χ2n) is 7.43. The third kappa shape index (κ3) is 4.86. The zero-order valence-corrected chi connectivity index (χ0v) is 15.2. The molecule has 3 rings (SSSR count). The summed E-state index contributed by atoms with van der Waals surface area (Å²) in [6, 6.07) is 0. The summed E-state index contributed by atoms with van der Waals surface area (Å²) < 4.78 is 5.40. The van der Waals surface area contributed by atoms with Crippen LogP contribution in [0.4, 0.5) is 0 Å². The molecule has 0 spiro atoms. The molecule has 23 heavy (non-hydrogen) atoms. The number of amides is 1. The maximum atomic E-state index is 12.3. The zero-order valence-electron chi connectivity index (χ0n) is 14.4. The van der Waals surface area contributed by atoms with Crippen molar-refractivity contribution in [2.24, 2.45) is 5.92 Å². The first kappa shape index (κ1) is 17.6. The lowest BCUT2D eigenvalue weighted by Crippen LogP contribution is -2.58. The van der Waals surface area contributed by atoms with Gasteiger partial charge in [0.15, 0.2) is 0 Å². The molecule has 3 aliphatic rings.